The summed E-state index contributed by atoms with van der Waals surface area (Å²) in [6.07, 6.45) is 0. The molecule has 0 bridgehead atoms. The van der Waals surface area contributed by atoms with Crippen molar-refractivity contribution in [3.63, 3.8) is 0 Å². The molecular formula is C4H3ClINO. The standard InChI is InChI=1S/C4H3ClINO/c1-2-3(6)7-4(5)8-2/h1H3. The molecule has 2 nitrogen and oxygen atoms in total. The lowest BCUT2D eigenvalue weighted by Gasteiger charge is -1.74. The molecule has 0 aromatic carbocycles. The van der Waals surface area contributed by atoms with Gasteiger partial charge in [0.15, 0.2) is 0 Å². The first-order chi connectivity index (χ1) is 3.70. The highest BCUT2D eigenvalue weighted by Gasteiger charge is 2.01. The third-order valence-electron chi connectivity index (χ3n) is 0.714. The van der Waals surface area contributed by atoms with Crippen molar-refractivity contribution in [1.29, 1.82) is 0 Å². The molecule has 0 N–H and O–H groups in total. The summed E-state index contributed by atoms with van der Waals surface area (Å²) < 4.78 is 5.69. The van der Waals surface area contributed by atoms with Gasteiger partial charge in [-0.05, 0) is 41.1 Å². The van der Waals surface area contributed by atoms with Crippen LogP contribution in [0.2, 0.25) is 5.35 Å². The van der Waals surface area contributed by atoms with Crippen molar-refractivity contribution in [2.24, 2.45) is 0 Å². The summed E-state index contributed by atoms with van der Waals surface area (Å²) in [6, 6.07) is 0. The fourth-order valence-electron chi connectivity index (χ4n) is 0.347. The minimum absolute atomic E-state index is 0.215. The lowest BCUT2D eigenvalue weighted by Crippen LogP contribution is -1.68. The Kier molecular flexibility index (Phi) is 1.77. The highest BCUT2D eigenvalue weighted by Crippen LogP contribution is 2.14. The molecule has 0 fully saturated rings. The van der Waals surface area contributed by atoms with Gasteiger partial charge < -0.3 is 4.42 Å². The number of rotatable bonds is 0. The monoisotopic (exact) mass is 243 g/mol. The molecule has 0 amide bonds. The lowest BCUT2D eigenvalue weighted by molar-refractivity contribution is 0.528. The molecule has 0 aliphatic heterocycles. The van der Waals surface area contributed by atoms with E-state index in [1.165, 1.54) is 0 Å². The van der Waals surface area contributed by atoms with Gasteiger partial charge in [0.05, 0.1) is 0 Å². The van der Waals surface area contributed by atoms with Crippen LogP contribution in [0.4, 0.5) is 0 Å². The maximum absolute atomic E-state index is 5.38. The second kappa shape index (κ2) is 2.23. The summed E-state index contributed by atoms with van der Waals surface area (Å²) in [4.78, 5) is 3.80. The summed E-state index contributed by atoms with van der Waals surface area (Å²) in [6.45, 7) is 1.82. The maximum atomic E-state index is 5.38. The quantitative estimate of drug-likeness (QED) is 0.653. The van der Waals surface area contributed by atoms with E-state index in [0.29, 0.717) is 0 Å². The summed E-state index contributed by atoms with van der Waals surface area (Å²) in [5, 5.41) is 0.215. The van der Waals surface area contributed by atoms with Crippen LogP contribution in [0.5, 0.6) is 0 Å². The summed E-state index contributed by atoms with van der Waals surface area (Å²) >= 11 is 7.44. The van der Waals surface area contributed by atoms with E-state index >= 15 is 0 Å². The molecule has 1 aromatic heterocycles. The van der Waals surface area contributed by atoms with E-state index in [-0.39, 0.29) is 5.35 Å². The van der Waals surface area contributed by atoms with Crippen molar-refractivity contribution in [3.05, 3.63) is 14.8 Å². The van der Waals surface area contributed by atoms with E-state index in [1.54, 1.807) is 0 Å². The molecule has 1 aromatic rings. The Hall–Kier alpha value is 0.230. The molecule has 0 atom stereocenters. The first-order valence-corrected chi connectivity index (χ1v) is 3.44. The van der Waals surface area contributed by atoms with Crippen molar-refractivity contribution < 1.29 is 4.42 Å². The molecule has 0 spiro atoms. The van der Waals surface area contributed by atoms with Gasteiger partial charge in [-0.15, -0.1) is 0 Å². The average molecular weight is 243 g/mol. The number of nitrogens with zero attached hydrogens (tertiary/aromatic N) is 1. The molecule has 0 saturated carbocycles. The van der Waals surface area contributed by atoms with Crippen molar-refractivity contribution in [2.75, 3.05) is 0 Å². The minimum atomic E-state index is 0.215. The van der Waals surface area contributed by atoms with E-state index in [1.807, 2.05) is 6.92 Å². The normalized spacial score (nSPS) is 9.88. The van der Waals surface area contributed by atoms with Crippen molar-refractivity contribution in [1.82, 2.24) is 4.98 Å². The van der Waals surface area contributed by atoms with Gasteiger partial charge in [0.25, 0.3) is 5.35 Å². The van der Waals surface area contributed by atoms with Crippen LogP contribution in [0.3, 0.4) is 0 Å². The van der Waals surface area contributed by atoms with Crippen molar-refractivity contribution in [3.8, 4) is 0 Å². The maximum Gasteiger partial charge on any atom is 0.293 e. The molecule has 4 heteroatoms. The molecule has 1 heterocycles. The minimum Gasteiger partial charge on any atom is -0.432 e. The van der Waals surface area contributed by atoms with E-state index in [2.05, 4.69) is 27.6 Å². The van der Waals surface area contributed by atoms with Crippen LogP contribution in [0.1, 0.15) is 5.76 Å². The third kappa shape index (κ3) is 1.14. The highest BCUT2D eigenvalue weighted by molar-refractivity contribution is 14.1. The zero-order chi connectivity index (χ0) is 6.15. The smallest absolute Gasteiger partial charge is 0.293 e. The van der Waals surface area contributed by atoms with E-state index in [0.717, 1.165) is 9.46 Å². The molecule has 0 saturated heterocycles. The summed E-state index contributed by atoms with van der Waals surface area (Å²) in [5.41, 5.74) is 0. The topological polar surface area (TPSA) is 26.0 Å². The Morgan fingerprint density at radius 3 is 2.50 bits per heavy atom. The van der Waals surface area contributed by atoms with E-state index in [4.69, 9.17) is 16.0 Å². The third-order valence-corrected chi connectivity index (χ3v) is 1.88. The SMILES string of the molecule is Cc1oc(Cl)nc1I. The Bertz CT molecular complexity index is 178. The second-order valence-electron chi connectivity index (χ2n) is 1.31. The zero-order valence-corrected chi connectivity index (χ0v) is 7.02. The highest BCUT2D eigenvalue weighted by atomic mass is 127. The van der Waals surface area contributed by atoms with Crippen LogP contribution in [-0.4, -0.2) is 4.98 Å². The largest absolute Gasteiger partial charge is 0.432 e. The Balaban J connectivity index is 3.14. The van der Waals surface area contributed by atoms with E-state index < -0.39 is 0 Å². The predicted octanol–water partition coefficient (Wildman–Crippen LogP) is 2.24. The molecule has 8 heavy (non-hydrogen) atoms. The van der Waals surface area contributed by atoms with Gasteiger partial charge in [-0.3, -0.25) is 0 Å². The van der Waals surface area contributed by atoms with Crippen molar-refractivity contribution in [2.45, 2.75) is 6.92 Å². The molecular weight excluding hydrogens is 240 g/mol. The van der Waals surface area contributed by atoms with E-state index in [9.17, 15) is 0 Å². The molecule has 0 aliphatic rings. The fraction of sp³-hybridized carbons (Fsp3) is 0.250. The molecule has 0 unspecified atom stereocenters. The van der Waals surface area contributed by atoms with Crippen LogP contribution in [0.25, 0.3) is 0 Å². The zero-order valence-electron chi connectivity index (χ0n) is 4.11. The molecule has 0 radical (unpaired) electrons. The first kappa shape index (κ1) is 6.35. The second-order valence-corrected chi connectivity index (χ2v) is 2.66. The van der Waals surface area contributed by atoms with Gasteiger partial charge in [0.2, 0.25) is 0 Å². The van der Waals surface area contributed by atoms with Crippen LogP contribution in [0, 0.1) is 10.6 Å². The van der Waals surface area contributed by atoms with Crippen molar-refractivity contribution >= 4 is 34.2 Å². The van der Waals surface area contributed by atoms with Gasteiger partial charge in [0.1, 0.15) is 9.46 Å². The number of oxazole rings is 1. The van der Waals surface area contributed by atoms with Gasteiger partial charge in [-0.1, -0.05) is 0 Å². The number of hydrogen-bond donors (Lipinski definition) is 0. The molecule has 44 valence electrons. The predicted molar refractivity (Wildman–Crippen MR) is 39.0 cm³/mol. The Labute approximate surface area is 65.4 Å². The summed E-state index contributed by atoms with van der Waals surface area (Å²) in [5.74, 6) is 0.774. The van der Waals surface area contributed by atoms with Gasteiger partial charge in [-0.25, -0.2) is 0 Å². The Morgan fingerprint density at radius 1 is 1.75 bits per heavy atom. The van der Waals surface area contributed by atoms with Crippen LogP contribution in [-0.2, 0) is 0 Å². The van der Waals surface area contributed by atoms with Crippen LogP contribution < -0.4 is 0 Å². The summed E-state index contributed by atoms with van der Waals surface area (Å²) in [7, 11) is 0. The fourth-order valence-corrected chi connectivity index (χ4v) is 1.02. The average Bonchev–Trinajstić information content (AvgIpc) is 1.85. The number of hydrogen-bond acceptors (Lipinski definition) is 2. The van der Waals surface area contributed by atoms with Crippen LogP contribution >= 0.6 is 34.2 Å². The Morgan fingerprint density at radius 2 is 2.38 bits per heavy atom. The van der Waals surface area contributed by atoms with Gasteiger partial charge in [-0.2, -0.15) is 4.98 Å². The van der Waals surface area contributed by atoms with Gasteiger partial charge >= 0.3 is 0 Å². The number of halogens is 2. The number of aryl methyl sites for hydroxylation is 1. The number of aromatic nitrogens is 1. The first-order valence-electron chi connectivity index (χ1n) is 1.98. The van der Waals surface area contributed by atoms with Gasteiger partial charge in [0, 0.05) is 0 Å². The molecule has 1 rings (SSSR count). The lowest BCUT2D eigenvalue weighted by atomic mass is 10.6. The molecule has 0 aliphatic carbocycles. The van der Waals surface area contributed by atoms with Crippen LogP contribution in [0.15, 0.2) is 4.42 Å².